The highest BCUT2D eigenvalue weighted by Gasteiger charge is 2.21. The first kappa shape index (κ1) is 12.6. The molecule has 0 bridgehead atoms. The number of hydrogen-bond acceptors (Lipinski definition) is 3. The van der Waals surface area contributed by atoms with Crippen LogP contribution in [0.2, 0.25) is 0 Å². The van der Waals surface area contributed by atoms with Gasteiger partial charge in [0.2, 0.25) is 0 Å². The Bertz CT molecular complexity index is 177. The van der Waals surface area contributed by atoms with Crippen LogP contribution in [0, 0.1) is 0 Å². The topological polar surface area (TPSA) is 87.0 Å². The molecule has 0 saturated heterocycles. The highest BCUT2D eigenvalue weighted by Crippen LogP contribution is 2.36. The van der Waals surface area contributed by atoms with Crippen LogP contribution >= 0.6 is 23.8 Å². The van der Waals surface area contributed by atoms with Gasteiger partial charge in [0, 0.05) is 11.8 Å². The molecule has 0 aromatic rings. The third-order valence-corrected chi connectivity index (χ3v) is 2.91. The van der Waals surface area contributed by atoms with Crippen molar-refractivity contribution in [2.24, 2.45) is 0 Å². The van der Waals surface area contributed by atoms with Crippen molar-refractivity contribution in [2.75, 3.05) is 11.9 Å². The summed E-state index contributed by atoms with van der Waals surface area (Å²) in [6.45, 7) is 1.38. The van der Waals surface area contributed by atoms with Gasteiger partial charge in [0.1, 0.15) is 0 Å². The number of phosphoric acid groups is 1. The van der Waals surface area contributed by atoms with Crippen LogP contribution in [0.25, 0.3) is 0 Å². The third kappa shape index (κ3) is 7.21. The van der Waals surface area contributed by atoms with Gasteiger partial charge in [-0.15, -0.1) is 0 Å². The van der Waals surface area contributed by atoms with E-state index >= 15 is 0 Å². The van der Waals surface area contributed by atoms with E-state index in [1.165, 1.54) is 0 Å². The first-order valence-electron chi connectivity index (χ1n) is 3.25. The Morgan fingerprint density at radius 1 is 1.58 bits per heavy atom. The minimum Gasteiger partial charge on any atom is -0.389 e. The molecular weight excluding hydrogens is 251 g/mol. The van der Waals surface area contributed by atoms with Crippen molar-refractivity contribution in [3.8, 4) is 0 Å². The molecule has 0 rings (SSSR count). The zero-order valence-corrected chi connectivity index (χ0v) is 9.09. The summed E-state index contributed by atoms with van der Waals surface area (Å²) in [6, 6.07) is 0. The summed E-state index contributed by atoms with van der Waals surface area (Å²) in [7, 11) is -4.39. The number of halogens is 1. The second-order valence-electron chi connectivity index (χ2n) is 2.70. The van der Waals surface area contributed by atoms with Gasteiger partial charge in [0.15, 0.2) is 0 Å². The van der Waals surface area contributed by atoms with Crippen molar-refractivity contribution in [3.63, 3.8) is 0 Å². The second-order valence-corrected chi connectivity index (χ2v) is 4.50. The molecule has 0 radical (unpaired) electrons. The Labute approximate surface area is 79.1 Å². The van der Waals surface area contributed by atoms with Gasteiger partial charge in [0.25, 0.3) is 0 Å². The number of rotatable bonds is 5. The Balaban J connectivity index is 3.64. The van der Waals surface area contributed by atoms with Crippen LogP contribution < -0.4 is 0 Å². The zero-order chi connectivity index (χ0) is 9.83. The molecule has 0 aromatic carbocycles. The van der Waals surface area contributed by atoms with Crippen LogP contribution in [0.15, 0.2) is 0 Å². The fourth-order valence-corrected chi connectivity index (χ4v) is 1.06. The van der Waals surface area contributed by atoms with E-state index < -0.39 is 13.4 Å². The molecule has 74 valence electrons. The predicted octanol–water partition coefficient (Wildman–Crippen LogP) is 0.632. The Morgan fingerprint density at radius 3 is 2.42 bits per heavy atom. The van der Waals surface area contributed by atoms with E-state index in [-0.39, 0.29) is 13.0 Å². The minimum atomic E-state index is -4.39. The lowest BCUT2D eigenvalue weighted by atomic mass is 10.1. The third-order valence-electron chi connectivity index (χ3n) is 1.19. The van der Waals surface area contributed by atoms with E-state index in [0.29, 0.717) is 5.33 Å². The minimum absolute atomic E-state index is 0.164. The van der Waals surface area contributed by atoms with Crippen molar-refractivity contribution < 1.29 is 24.0 Å². The molecule has 0 aromatic heterocycles. The van der Waals surface area contributed by atoms with Crippen molar-refractivity contribution >= 4 is 23.8 Å². The van der Waals surface area contributed by atoms with E-state index in [0.717, 1.165) is 0 Å². The molecule has 0 saturated carbocycles. The average molecular weight is 263 g/mol. The van der Waals surface area contributed by atoms with Crippen molar-refractivity contribution in [1.82, 2.24) is 0 Å². The maximum atomic E-state index is 10.2. The lowest BCUT2D eigenvalue weighted by Gasteiger charge is -2.19. The molecule has 0 heterocycles. The van der Waals surface area contributed by atoms with Crippen LogP contribution in [-0.2, 0) is 9.09 Å². The monoisotopic (exact) mass is 262 g/mol. The summed E-state index contributed by atoms with van der Waals surface area (Å²) in [5.41, 5.74) is -0.991. The Kier molecular flexibility index (Phi) is 4.91. The smallest absolute Gasteiger partial charge is 0.389 e. The summed E-state index contributed by atoms with van der Waals surface area (Å²) in [4.78, 5) is 16.6. The first-order chi connectivity index (χ1) is 5.27. The number of hydrogen-bond donors (Lipinski definition) is 3. The van der Waals surface area contributed by atoms with E-state index in [2.05, 4.69) is 20.5 Å². The van der Waals surface area contributed by atoms with E-state index in [9.17, 15) is 9.67 Å². The molecule has 7 heteroatoms. The molecule has 0 aliphatic heterocycles. The molecule has 0 aliphatic carbocycles. The van der Waals surface area contributed by atoms with E-state index in [1.54, 1.807) is 6.92 Å². The average Bonchev–Trinajstić information content (AvgIpc) is 1.84. The molecule has 0 amide bonds. The number of phosphoric ester groups is 1. The van der Waals surface area contributed by atoms with Crippen LogP contribution in [0.3, 0.4) is 0 Å². The molecule has 0 spiro atoms. The van der Waals surface area contributed by atoms with Gasteiger partial charge in [-0.25, -0.2) is 4.57 Å². The molecule has 5 nitrogen and oxygen atoms in total. The van der Waals surface area contributed by atoms with Gasteiger partial charge in [0.05, 0.1) is 12.2 Å². The quantitative estimate of drug-likeness (QED) is 0.500. The van der Waals surface area contributed by atoms with Gasteiger partial charge in [-0.1, -0.05) is 15.9 Å². The maximum Gasteiger partial charge on any atom is 0.469 e. The van der Waals surface area contributed by atoms with E-state index in [1.807, 2.05) is 0 Å². The van der Waals surface area contributed by atoms with Crippen LogP contribution in [0.1, 0.15) is 13.3 Å². The Morgan fingerprint density at radius 2 is 2.08 bits per heavy atom. The summed E-state index contributed by atoms with van der Waals surface area (Å²) < 4.78 is 14.3. The SMILES string of the molecule is CC(O)(CBr)CCOP(=O)(O)O. The van der Waals surface area contributed by atoms with Crippen LogP contribution in [0.5, 0.6) is 0 Å². The molecule has 1 atom stereocenters. The lowest BCUT2D eigenvalue weighted by Crippen LogP contribution is -2.27. The summed E-state index contributed by atoms with van der Waals surface area (Å²) in [6.07, 6.45) is 0.170. The largest absolute Gasteiger partial charge is 0.469 e. The zero-order valence-electron chi connectivity index (χ0n) is 6.60. The molecule has 3 N–H and O–H groups in total. The van der Waals surface area contributed by atoms with Crippen molar-refractivity contribution in [3.05, 3.63) is 0 Å². The van der Waals surface area contributed by atoms with Crippen molar-refractivity contribution in [2.45, 2.75) is 18.9 Å². The van der Waals surface area contributed by atoms with Gasteiger partial charge in [-0.2, -0.15) is 0 Å². The molecule has 0 aliphatic rings. The fourth-order valence-electron chi connectivity index (χ4n) is 0.451. The van der Waals surface area contributed by atoms with Gasteiger partial charge < -0.3 is 14.9 Å². The highest BCUT2D eigenvalue weighted by molar-refractivity contribution is 9.09. The Hall–Kier alpha value is 0.550. The first-order valence-corrected chi connectivity index (χ1v) is 5.90. The van der Waals surface area contributed by atoms with Gasteiger partial charge in [-0.3, -0.25) is 4.52 Å². The molecule has 1 unspecified atom stereocenters. The second kappa shape index (κ2) is 4.69. The van der Waals surface area contributed by atoms with Gasteiger partial charge >= 0.3 is 7.82 Å². The predicted molar refractivity (Wildman–Crippen MR) is 47.0 cm³/mol. The van der Waals surface area contributed by atoms with Crippen LogP contribution in [0.4, 0.5) is 0 Å². The highest BCUT2D eigenvalue weighted by atomic mass is 79.9. The molecule has 12 heavy (non-hydrogen) atoms. The summed E-state index contributed by atoms with van der Waals surface area (Å²) in [5, 5.41) is 9.68. The standard InChI is InChI=1S/C5H12BrO5P/c1-5(7,4-6)2-3-11-12(8,9)10/h7H,2-4H2,1H3,(H2,8,9,10). The number of aliphatic hydroxyl groups is 1. The van der Waals surface area contributed by atoms with Crippen molar-refractivity contribution in [1.29, 1.82) is 0 Å². The molecular formula is C5H12BrO5P. The normalized spacial score (nSPS) is 17.4. The van der Waals surface area contributed by atoms with Crippen LogP contribution in [-0.4, -0.2) is 32.4 Å². The maximum absolute atomic E-state index is 10.2. The number of alkyl halides is 1. The summed E-state index contributed by atoms with van der Waals surface area (Å²) in [5.74, 6) is 0. The lowest BCUT2D eigenvalue weighted by molar-refractivity contribution is 0.0555. The molecule has 0 fully saturated rings. The fraction of sp³-hybridized carbons (Fsp3) is 1.00. The van der Waals surface area contributed by atoms with Gasteiger partial charge in [-0.05, 0) is 6.92 Å². The summed E-state index contributed by atoms with van der Waals surface area (Å²) >= 11 is 3.05. The van der Waals surface area contributed by atoms with E-state index in [4.69, 9.17) is 9.79 Å².